The van der Waals surface area contributed by atoms with Gasteiger partial charge in [0.1, 0.15) is 12.2 Å². The number of rotatable bonds is 6. The highest BCUT2D eigenvalue weighted by Gasteiger charge is 2.24. The maximum Gasteiger partial charge on any atom is 0.325 e. The summed E-state index contributed by atoms with van der Waals surface area (Å²) in [5.74, 6) is -1.03. The quantitative estimate of drug-likeness (QED) is 0.750. The van der Waals surface area contributed by atoms with Crippen LogP contribution in [-0.4, -0.2) is 47.5 Å². The van der Waals surface area contributed by atoms with Crippen LogP contribution in [0.15, 0.2) is 18.3 Å². The molecule has 0 aliphatic carbocycles. The summed E-state index contributed by atoms with van der Waals surface area (Å²) in [6.45, 7) is 2.70. The standard InChI is InChI=1S/C13H18F2N2O3/c1-9(2)17(8-12(18)20-3)13(19)10-5-4-6-16(10)7-11(14)15/h4-6,9,11H,7-8H2,1-3H3. The van der Waals surface area contributed by atoms with Gasteiger partial charge >= 0.3 is 5.97 Å². The Kier molecular flexibility index (Phi) is 5.66. The smallest absolute Gasteiger partial charge is 0.325 e. The van der Waals surface area contributed by atoms with Gasteiger partial charge in [-0.3, -0.25) is 9.59 Å². The first-order valence-corrected chi connectivity index (χ1v) is 6.17. The normalized spacial score (nSPS) is 10.9. The van der Waals surface area contributed by atoms with Crippen LogP contribution in [0.5, 0.6) is 0 Å². The summed E-state index contributed by atoms with van der Waals surface area (Å²) < 4.78 is 30.6. The highest BCUT2D eigenvalue weighted by atomic mass is 19.3. The fourth-order valence-electron chi connectivity index (χ4n) is 1.76. The molecule has 0 aliphatic heterocycles. The van der Waals surface area contributed by atoms with Crippen molar-refractivity contribution in [3.05, 3.63) is 24.0 Å². The molecule has 0 radical (unpaired) electrons. The third-order valence-corrected chi connectivity index (χ3v) is 2.79. The van der Waals surface area contributed by atoms with Crippen molar-refractivity contribution in [2.24, 2.45) is 0 Å². The van der Waals surface area contributed by atoms with Crippen LogP contribution < -0.4 is 0 Å². The molecule has 0 spiro atoms. The predicted molar refractivity (Wildman–Crippen MR) is 68.6 cm³/mol. The van der Waals surface area contributed by atoms with Crippen molar-refractivity contribution >= 4 is 11.9 Å². The molecule has 0 fully saturated rings. The summed E-state index contributed by atoms with van der Waals surface area (Å²) >= 11 is 0. The Labute approximate surface area is 116 Å². The third-order valence-electron chi connectivity index (χ3n) is 2.79. The minimum absolute atomic E-state index is 0.128. The van der Waals surface area contributed by atoms with E-state index in [0.717, 1.165) is 0 Å². The molecule has 0 aromatic carbocycles. The largest absolute Gasteiger partial charge is 0.468 e. The van der Waals surface area contributed by atoms with Gasteiger partial charge in [0.15, 0.2) is 0 Å². The summed E-state index contributed by atoms with van der Waals surface area (Å²) in [6.07, 6.45) is -1.14. The molecule has 5 nitrogen and oxygen atoms in total. The molecule has 112 valence electrons. The molecule has 20 heavy (non-hydrogen) atoms. The predicted octanol–water partition coefficient (Wildman–Crippen LogP) is 1.78. The van der Waals surface area contributed by atoms with Gasteiger partial charge in [0.05, 0.1) is 13.7 Å². The summed E-state index contributed by atoms with van der Waals surface area (Å²) in [7, 11) is 1.23. The summed E-state index contributed by atoms with van der Waals surface area (Å²) in [5.41, 5.74) is 0.128. The molecule has 7 heteroatoms. The zero-order valence-electron chi connectivity index (χ0n) is 11.7. The molecule has 0 aliphatic rings. The third kappa shape index (κ3) is 4.04. The number of esters is 1. The summed E-state index contributed by atoms with van der Waals surface area (Å²) in [5, 5.41) is 0. The molecule has 0 unspecified atom stereocenters. The van der Waals surface area contributed by atoms with E-state index in [1.807, 2.05) is 0 Å². The number of hydrogen-bond donors (Lipinski definition) is 0. The van der Waals surface area contributed by atoms with Gasteiger partial charge in [-0.25, -0.2) is 8.78 Å². The highest BCUT2D eigenvalue weighted by molar-refractivity contribution is 5.94. The van der Waals surface area contributed by atoms with E-state index in [0.29, 0.717) is 0 Å². The van der Waals surface area contributed by atoms with Crippen LogP contribution in [0.3, 0.4) is 0 Å². The van der Waals surface area contributed by atoms with Crippen molar-refractivity contribution in [3.8, 4) is 0 Å². The molecule has 0 saturated carbocycles. The van der Waals surface area contributed by atoms with Gasteiger partial charge in [-0.15, -0.1) is 0 Å². The Hall–Kier alpha value is -1.92. The Morgan fingerprint density at radius 1 is 1.40 bits per heavy atom. The number of methoxy groups -OCH3 is 1. The van der Waals surface area contributed by atoms with E-state index in [-0.39, 0.29) is 18.3 Å². The second-order valence-corrected chi connectivity index (χ2v) is 4.54. The molecular formula is C13H18F2N2O3. The maximum atomic E-state index is 12.4. The van der Waals surface area contributed by atoms with Crippen LogP contribution in [-0.2, 0) is 16.1 Å². The van der Waals surface area contributed by atoms with Crippen LogP contribution in [0.1, 0.15) is 24.3 Å². The zero-order valence-corrected chi connectivity index (χ0v) is 11.7. The minimum atomic E-state index is -2.55. The first-order valence-electron chi connectivity index (χ1n) is 6.17. The van der Waals surface area contributed by atoms with Crippen molar-refractivity contribution < 1.29 is 23.1 Å². The van der Waals surface area contributed by atoms with Crippen LogP contribution in [0.4, 0.5) is 8.78 Å². The monoisotopic (exact) mass is 288 g/mol. The van der Waals surface area contributed by atoms with E-state index in [2.05, 4.69) is 4.74 Å². The fourth-order valence-corrected chi connectivity index (χ4v) is 1.76. The zero-order chi connectivity index (χ0) is 15.3. The molecule has 0 bridgehead atoms. The van der Waals surface area contributed by atoms with E-state index in [1.54, 1.807) is 13.8 Å². The van der Waals surface area contributed by atoms with Gasteiger partial charge in [0.25, 0.3) is 12.3 Å². The van der Waals surface area contributed by atoms with Crippen molar-refractivity contribution in [1.82, 2.24) is 9.47 Å². The van der Waals surface area contributed by atoms with E-state index in [4.69, 9.17) is 0 Å². The molecule has 1 heterocycles. The maximum absolute atomic E-state index is 12.4. The fraction of sp³-hybridized carbons (Fsp3) is 0.538. The van der Waals surface area contributed by atoms with E-state index in [9.17, 15) is 18.4 Å². The van der Waals surface area contributed by atoms with Crippen molar-refractivity contribution in [2.45, 2.75) is 32.9 Å². The number of carbonyl (C=O) groups is 2. The highest BCUT2D eigenvalue weighted by Crippen LogP contribution is 2.12. The Balaban J connectivity index is 2.95. The number of carbonyl (C=O) groups excluding carboxylic acids is 2. The van der Waals surface area contributed by atoms with E-state index < -0.39 is 24.8 Å². The lowest BCUT2D eigenvalue weighted by Gasteiger charge is -2.26. The van der Waals surface area contributed by atoms with Gasteiger partial charge < -0.3 is 14.2 Å². The average molecular weight is 288 g/mol. The van der Waals surface area contributed by atoms with Crippen molar-refractivity contribution in [3.63, 3.8) is 0 Å². The van der Waals surface area contributed by atoms with Crippen LogP contribution in [0.25, 0.3) is 0 Å². The number of halogens is 2. The Morgan fingerprint density at radius 2 is 2.05 bits per heavy atom. The lowest BCUT2D eigenvalue weighted by atomic mass is 10.2. The number of hydrogen-bond acceptors (Lipinski definition) is 3. The van der Waals surface area contributed by atoms with Crippen molar-refractivity contribution in [2.75, 3.05) is 13.7 Å². The number of aromatic nitrogens is 1. The molecule has 1 aromatic heterocycles. The molecule has 1 amide bonds. The SMILES string of the molecule is COC(=O)CN(C(=O)c1cccn1CC(F)F)C(C)C. The molecule has 1 rings (SSSR count). The Bertz CT molecular complexity index is 472. The molecule has 0 saturated heterocycles. The second-order valence-electron chi connectivity index (χ2n) is 4.54. The van der Waals surface area contributed by atoms with Gasteiger partial charge in [-0.1, -0.05) is 0 Å². The lowest BCUT2D eigenvalue weighted by Crippen LogP contribution is -2.42. The number of ether oxygens (including phenoxy) is 1. The summed E-state index contributed by atoms with van der Waals surface area (Å²) in [6, 6.07) is 2.72. The van der Waals surface area contributed by atoms with E-state index >= 15 is 0 Å². The topological polar surface area (TPSA) is 51.5 Å². The average Bonchev–Trinajstić information content (AvgIpc) is 2.81. The number of alkyl halides is 2. The van der Waals surface area contributed by atoms with E-state index in [1.165, 1.54) is 34.9 Å². The first kappa shape index (κ1) is 16.1. The second kappa shape index (κ2) is 7.02. The van der Waals surface area contributed by atoms with Crippen LogP contribution in [0.2, 0.25) is 0 Å². The molecule has 1 aromatic rings. The Morgan fingerprint density at radius 3 is 2.55 bits per heavy atom. The summed E-state index contributed by atoms with van der Waals surface area (Å²) in [4.78, 5) is 25.0. The first-order chi connectivity index (χ1) is 9.36. The van der Waals surface area contributed by atoms with Gasteiger partial charge in [0, 0.05) is 12.2 Å². The van der Waals surface area contributed by atoms with Gasteiger partial charge in [-0.05, 0) is 26.0 Å². The molecular weight excluding hydrogens is 270 g/mol. The van der Waals surface area contributed by atoms with Crippen molar-refractivity contribution in [1.29, 1.82) is 0 Å². The van der Waals surface area contributed by atoms with Gasteiger partial charge in [-0.2, -0.15) is 0 Å². The lowest BCUT2D eigenvalue weighted by molar-refractivity contribution is -0.141. The minimum Gasteiger partial charge on any atom is -0.468 e. The molecule has 0 atom stereocenters. The number of nitrogens with zero attached hydrogens (tertiary/aromatic N) is 2. The molecule has 0 N–H and O–H groups in total. The number of amides is 1. The van der Waals surface area contributed by atoms with Gasteiger partial charge in [0.2, 0.25) is 0 Å². The van der Waals surface area contributed by atoms with Crippen LogP contribution >= 0.6 is 0 Å². The van der Waals surface area contributed by atoms with Crippen LogP contribution in [0, 0.1) is 0 Å².